The Morgan fingerprint density at radius 3 is 2.57 bits per heavy atom. The largest absolute Gasteiger partial charge is 0.379 e. The van der Waals surface area contributed by atoms with E-state index in [0.29, 0.717) is 19.1 Å². The molecule has 2 aliphatic rings. The van der Waals surface area contributed by atoms with Gasteiger partial charge in [-0.15, -0.1) is 0 Å². The molecule has 0 aromatic heterocycles. The minimum atomic E-state index is 0.00759. The molecular weight excluding hydrogens is 266 g/mol. The third-order valence-corrected chi connectivity index (χ3v) is 4.36. The Morgan fingerprint density at radius 1 is 1.24 bits per heavy atom. The third-order valence-electron chi connectivity index (χ3n) is 4.36. The van der Waals surface area contributed by atoms with Crippen molar-refractivity contribution in [3.05, 3.63) is 0 Å². The average Bonchev–Trinajstić information content (AvgIpc) is 2.93. The fraction of sp³-hybridized carbons (Fsp3) is 0.938. The van der Waals surface area contributed by atoms with E-state index in [1.165, 1.54) is 0 Å². The number of ether oxygens (including phenoxy) is 1. The Balaban J connectivity index is 1.81. The highest BCUT2D eigenvalue weighted by atomic mass is 16.5. The molecule has 0 aliphatic carbocycles. The van der Waals surface area contributed by atoms with E-state index in [1.54, 1.807) is 0 Å². The summed E-state index contributed by atoms with van der Waals surface area (Å²) in [5, 5.41) is 3.45. The highest BCUT2D eigenvalue weighted by molar-refractivity contribution is 5.80. The van der Waals surface area contributed by atoms with Gasteiger partial charge in [0.15, 0.2) is 0 Å². The predicted octanol–water partition coefficient (Wildman–Crippen LogP) is 0.801. The number of amides is 1. The van der Waals surface area contributed by atoms with Crippen LogP contribution in [0.5, 0.6) is 0 Å². The Hall–Kier alpha value is -0.650. The van der Waals surface area contributed by atoms with Crippen molar-refractivity contribution in [3.63, 3.8) is 0 Å². The van der Waals surface area contributed by atoms with Crippen LogP contribution in [-0.2, 0) is 9.53 Å². The summed E-state index contributed by atoms with van der Waals surface area (Å²) in [5.41, 5.74) is 0. The first kappa shape index (κ1) is 16.7. The molecule has 5 heteroatoms. The van der Waals surface area contributed by atoms with Crippen molar-refractivity contribution in [2.24, 2.45) is 11.8 Å². The Bertz CT molecular complexity index is 327. The quantitative estimate of drug-likeness (QED) is 0.788. The van der Waals surface area contributed by atoms with Gasteiger partial charge in [-0.2, -0.15) is 0 Å². The van der Waals surface area contributed by atoms with Gasteiger partial charge in [0, 0.05) is 38.8 Å². The molecule has 2 aliphatic heterocycles. The second-order valence-corrected chi connectivity index (χ2v) is 6.72. The molecule has 2 atom stereocenters. The van der Waals surface area contributed by atoms with Crippen molar-refractivity contribution in [2.45, 2.75) is 33.2 Å². The average molecular weight is 297 g/mol. The number of carbonyl (C=O) groups is 1. The molecule has 2 unspecified atom stereocenters. The molecule has 122 valence electrons. The normalized spacial score (nSPS) is 27.5. The van der Waals surface area contributed by atoms with E-state index in [0.717, 1.165) is 45.7 Å². The fourth-order valence-corrected chi connectivity index (χ4v) is 3.23. The second kappa shape index (κ2) is 8.11. The van der Waals surface area contributed by atoms with E-state index in [4.69, 9.17) is 4.74 Å². The zero-order valence-electron chi connectivity index (χ0n) is 13.8. The monoisotopic (exact) mass is 297 g/mol. The maximum absolute atomic E-state index is 12.7. The lowest BCUT2D eigenvalue weighted by Gasteiger charge is -2.37. The van der Waals surface area contributed by atoms with Gasteiger partial charge in [0.2, 0.25) is 5.91 Å². The van der Waals surface area contributed by atoms with Crippen molar-refractivity contribution in [1.29, 1.82) is 0 Å². The lowest BCUT2D eigenvalue weighted by molar-refractivity contribution is -0.137. The van der Waals surface area contributed by atoms with Crippen molar-refractivity contribution in [1.82, 2.24) is 15.1 Å². The number of nitrogens with one attached hydrogen (secondary N) is 1. The first-order valence-electron chi connectivity index (χ1n) is 8.44. The first-order valence-corrected chi connectivity index (χ1v) is 8.44. The molecule has 2 fully saturated rings. The van der Waals surface area contributed by atoms with Crippen LogP contribution in [0.25, 0.3) is 0 Å². The molecule has 0 aromatic rings. The van der Waals surface area contributed by atoms with Crippen LogP contribution in [0.4, 0.5) is 0 Å². The summed E-state index contributed by atoms with van der Waals surface area (Å²) in [7, 11) is 0. The summed E-state index contributed by atoms with van der Waals surface area (Å²) in [4.78, 5) is 17.2. The van der Waals surface area contributed by atoms with Gasteiger partial charge in [-0.1, -0.05) is 20.8 Å². The number of piperazine rings is 1. The SMILES string of the molecule is CCCNC1COCC1C(=O)N1CCN(CC(C)C)CC1. The van der Waals surface area contributed by atoms with Crippen LogP contribution in [-0.4, -0.2) is 74.2 Å². The lowest BCUT2D eigenvalue weighted by atomic mass is 10.0. The first-order chi connectivity index (χ1) is 10.1. The highest BCUT2D eigenvalue weighted by Gasteiger charge is 2.37. The standard InChI is InChI=1S/C16H31N3O2/c1-4-5-17-15-12-21-11-14(15)16(20)19-8-6-18(7-9-19)10-13(2)3/h13-15,17H,4-12H2,1-3H3. The fourth-order valence-electron chi connectivity index (χ4n) is 3.23. The van der Waals surface area contributed by atoms with E-state index in [1.807, 2.05) is 4.90 Å². The number of carbonyl (C=O) groups excluding carboxylic acids is 1. The molecule has 2 rings (SSSR count). The summed E-state index contributed by atoms with van der Waals surface area (Å²) < 4.78 is 5.53. The molecule has 0 bridgehead atoms. The Morgan fingerprint density at radius 2 is 1.95 bits per heavy atom. The van der Waals surface area contributed by atoms with Crippen molar-refractivity contribution in [2.75, 3.05) is 52.5 Å². The minimum absolute atomic E-state index is 0.00759. The van der Waals surface area contributed by atoms with Crippen LogP contribution in [0.3, 0.4) is 0 Å². The van der Waals surface area contributed by atoms with Gasteiger partial charge >= 0.3 is 0 Å². The molecule has 2 heterocycles. The summed E-state index contributed by atoms with van der Waals surface area (Å²) >= 11 is 0. The van der Waals surface area contributed by atoms with Gasteiger partial charge in [-0.25, -0.2) is 0 Å². The van der Waals surface area contributed by atoms with Crippen LogP contribution in [0.1, 0.15) is 27.2 Å². The van der Waals surface area contributed by atoms with Crippen molar-refractivity contribution >= 4 is 5.91 Å². The highest BCUT2D eigenvalue weighted by Crippen LogP contribution is 2.18. The van der Waals surface area contributed by atoms with Crippen molar-refractivity contribution in [3.8, 4) is 0 Å². The van der Waals surface area contributed by atoms with E-state index in [-0.39, 0.29) is 17.9 Å². The molecule has 0 spiro atoms. The number of rotatable bonds is 6. The maximum atomic E-state index is 12.7. The topological polar surface area (TPSA) is 44.8 Å². The molecule has 1 N–H and O–H groups in total. The van der Waals surface area contributed by atoms with Gasteiger partial charge in [0.05, 0.1) is 19.1 Å². The minimum Gasteiger partial charge on any atom is -0.379 e. The molecule has 0 aromatic carbocycles. The third kappa shape index (κ3) is 4.66. The van der Waals surface area contributed by atoms with Crippen LogP contribution >= 0.6 is 0 Å². The van der Waals surface area contributed by atoms with Gasteiger partial charge in [0.1, 0.15) is 0 Å². The van der Waals surface area contributed by atoms with Crippen LogP contribution < -0.4 is 5.32 Å². The Kier molecular flexibility index (Phi) is 6.45. The van der Waals surface area contributed by atoms with Gasteiger partial charge in [-0.3, -0.25) is 9.69 Å². The molecule has 21 heavy (non-hydrogen) atoms. The van der Waals surface area contributed by atoms with Crippen molar-refractivity contribution < 1.29 is 9.53 Å². The molecular formula is C16H31N3O2. The maximum Gasteiger partial charge on any atom is 0.229 e. The lowest BCUT2D eigenvalue weighted by Crippen LogP contribution is -2.53. The van der Waals surface area contributed by atoms with Gasteiger partial charge in [0.25, 0.3) is 0 Å². The van der Waals surface area contributed by atoms with E-state index in [9.17, 15) is 4.79 Å². The molecule has 0 radical (unpaired) electrons. The summed E-state index contributed by atoms with van der Waals surface area (Å²) in [5.74, 6) is 0.983. The molecule has 1 amide bonds. The number of hydrogen-bond acceptors (Lipinski definition) is 4. The Labute approximate surface area is 129 Å². The molecule has 0 saturated carbocycles. The van der Waals surface area contributed by atoms with Crippen LogP contribution in [0.2, 0.25) is 0 Å². The second-order valence-electron chi connectivity index (χ2n) is 6.72. The van der Waals surface area contributed by atoms with Crippen LogP contribution in [0.15, 0.2) is 0 Å². The predicted molar refractivity (Wildman–Crippen MR) is 84.2 cm³/mol. The molecule has 5 nitrogen and oxygen atoms in total. The number of nitrogens with zero attached hydrogens (tertiary/aromatic N) is 2. The summed E-state index contributed by atoms with van der Waals surface area (Å²) in [6.45, 7) is 13.7. The molecule has 2 saturated heterocycles. The van der Waals surface area contributed by atoms with E-state index < -0.39 is 0 Å². The van der Waals surface area contributed by atoms with Gasteiger partial charge in [-0.05, 0) is 18.9 Å². The van der Waals surface area contributed by atoms with Crippen LogP contribution in [0, 0.1) is 11.8 Å². The van der Waals surface area contributed by atoms with Gasteiger partial charge < -0.3 is 15.0 Å². The zero-order valence-corrected chi connectivity index (χ0v) is 13.8. The smallest absolute Gasteiger partial charge is 0.229 e. The van der Waals surface area contributed by atoms with E-state index >= 15 is 0 Å². The summed E-state index contributed by atoms with van der Waals surface area (Å²) in [6.07, 6.45) is 1.09. The zero-order chi connectivity index (χ0) is 15.2. The van der Waals surface area contributed by atoms with E-state index in [2.05, 4.69) is 31.0 Å². The summed E-state index contributed by atoms with van der Waals surface area (Å²) in [6, 6.07) is 0.200. The number of hydrogen-bond donors (Lipinski definition) is 1.